The number of aromatic nitrogens is 1. The van der Waals surface area contributed by atoms with Gasteiger partial charge in [-0.25, -0.2) is 4.98 Å². The monoisotopic (exact) mass is 268 g/mol. The number of rotatable bonds is 1. The molecule has 2 nitrogen and oxygen atoms in total. The summed E-state index contributed by atoms with van der Waals surface area (Å²) in [5, 5.41) is 4.39. The van der Waals surface area contributed by atoms with E-state index in [4.69, 9.17) is 23.2 Å². The summed E-state index contributed by atoms with van der Waals surface area (Å²) < 4.78 is 0. The summed E-state index contributed by atoms with van der Waals surface area (Å²) in [5.41, 5.74) is 2.51. The highest BCUT2D eigenvalue weighted by Crippen LogP contribution is 2.39. The van der Waals surface area contributed by atoms with Crippen molar-refractivity contribution in [1.82, 2.24) is 10.3 Å². The van der Waals surface area contributed by atoms with Crippen molar-refractivity contribution in [1.29, 1.82) is 0 Å². The summed E-state index contributed by atoms with van der Waals surface area (Å²) >= 11 is 11.9. The molecule has 1 aromatic heterocycles. The normalized spacial score (nSPS) is 27.8. The molecule has 0 bridgehead atoms. The SMILES string of the molecule is Clc1cc(C2=CCC[C@@H]3CNC[C@H]23)cnc1Cl. The van der Waals surface area contributed by atoms with Gasteiger partial charge in [0, 0.05) is 18.7 Å². The molecule has 1 fully saturated rings. The molecule has 2 atom stereocenters. The minimum absolute atomic E-state index is 0.382. The minimum Gasteiger partial charge on any atom is -0.316 e. The van der Waals surface area contributed by atoms with Crippen LogP contribution in [-0.2, 0) is 0 Å². The van der Waals surface area contributed by atoms with Crippen molar-refractivity contribution in [3.05, 3.63) is 34.1 Å². The molecule has 0 unspecified atom stereocenters. The Morgan fingerprint density at radius 1 is 1.29 bits per heavy atom. The molecule has 4 heteroatoms. The second-order valence-electron chi connectivity index (χ2n) is 4.76. The zero-order chi connectivity index (χ0) is 11.8. The number of fused-ring (bicyclic) bond motifs is 1. The van der Waals surface area contributed by atoms with E-state index in [1.54, 1.807) is 0 Å². The molecule has 1 aromatic rings. The van der Waals surface area contributed by atoms with Gasteiger partial charge in [0.05, 0.1) is 5.02 Å². The van der Waals surface area contributed by atoms with Gasteiger partial charge in [0.15, 0.2) is 0 Å². The zero-order valence-corrected chi connectivity index (χ0v) is 10.9. The van der Waals surface area contributed by atoms with Gasteiger partial charge in [0.2, 0.25) is 0 Å². The average molecular weight is 269 g/mol. The molecule has 2 heterocycles. The van der Waals surface area contributed by atoms with E-state index in [2.05, 4.69) is 16.4 Å². The van der Waals surface area contributed by atoms with Gasteiger partial charge >= 0.3 is 0 Å². The van der Waals surface area contributed by atoms with Crippen LogP contribution < -0.4 is 5.32 Å². The molecular formula is C13H14Cl2N2. The maximum atomic E-state index is 6.04. The standard InChI is InChI=1S/C13H14Cl2N2/c14-12-4-9(6-17-13(12)15)10-3-1-2-8-5-16-7-11(8)10/h3-4,6,8,11,16H,1-2,5,7H2/t8-,11+/m1/s1. The highest BCUT2D eigenvalue weighted by Gasteiger charge is 2.32. The Kier molecular flexibility index (Phi) is 3.12. The molecule has 1 N–H and O–H groups in total. The molecule has 1 saturated heterocycles. The summed E-state index contributed by atoms with van der Waals surface area (Å²) in [7, 11) is 0. The minimum atomic E-state index is 0.382. The predicted octanol–water partition coefficient (Wildman–Crippen LogP) is 3.40. The Hall–Kier alpha value is -0.570. The van der Waals surface area contributed by atoms with Crippen LogP contribution in [0, 0.1) is 11.8 Å². The second kappa shape index (κ2) is 4.60. The number of halogens is 2. The van der Waals surface area contributed by atoms with Crippen LogP contribution in [0.4, 0.5) is 0 Å². The summed E-state index contributed by atoms with van der Waals surface area (Å²) in [6.45, 7) is 2.20. The van der Waals surface area contributed by atoms with Gasteiger partial charge in [-0.15, -0.1) is 0 Å². The maximum absolute atomic E-state index is 6.04. The number of nitrogens with one attached hydrogen (secondary N) is 1. The van der Waals surface area contributed by atoms with Crippen LogP contribution in [0.1, 0.15) is 18.4 Å². The first-order valence-corrected chi connectivity index (χ1v) is 6.73. The van der Waals surface area contributed by atoms with Gasteiger partial charge in [-0.1, -0.05) is 29.3 Å². The van der Waals surface area contributed by atoms with Crippen LogP contribution in [0.25, 0.3) is 5.57 Å². The molecule has 90 valence electrons. The van der Waals surface area contributed by atoms with E-state index in [1.165, 1.54) is 12.0 Å². The molecule has 0 radical (unpaired) electrons. The Bertz CT molecular complexity index is 470. The molecule has 3 rings (SSSR count). The lowest BCUT2D eigenvalue weighted by Crippen LogP contribution is -2.17. The molecule has 0 amide bonds. The zero-order valence-electron chi connectivity index (χ0n) is 9.42. The first kappa shape index (κ1) is 11.5. The second-order valence-corrected chi connectivity index (χ2v) is 5.52. The van der Waals surface area contributed by atoms with Crippen LogP contribution in [0.15, 0.2) is 18.3 Å². The molecule has 0 spiro atoms. The van der Waals surface area contributed by atoms with E-state index in [9.17, 15) is 0 Å². The number of hydrogen-bond donors (Lipinski definition) is 1. The fourth-order valence-electron chi connectivity index (χ4n) is 2.92. The van der Waals surface area contributed by atoms with Gasteiger partial charge in [-0.3, -0.25) is 0 Å². The van der Waals surface area contributed by atoms with Crippen molar-refractivity contribution < 1.29 is 0 Å². The predicted molar refractivity (Wildman–Crippen MR) is 71.3 cm³/mol. The smallest absolute Gasteiger partial charge is 0.147 e. The topological polar surface area (TPSA) is 24.9 Å². The van der Waals surface area contributed by atoms with Crippen molar-refractivity contribution in [2.45, 2.75) is 12.8 Å². The van der Waals surface area contributed by atoms with Crippen molar-refractivity contribution in [2.24, 2.45) is 11.8 Å². The van der Waals surface area contributed by atoms with Crippen LogP contribution in [-0.4, -0.2) is 18.1 Å². The van der Waals surface area contributed by atoms with Gasteiger partial charge < -0.3 is 5.32 Å². The van der Waals surface area contributed by atoms with Crippen molar-refractivity contribution in [3.8, 4) is 0 Å². The molecular weight excluding hydrogens is 255 g/mol. The lowest BCUT2D eigenvalue weighted by atomic mass is 9.78. The average Bonchev–Trinajstić information content (AvgIpc) is 2.80. The van der Waals surface area contributed by atoms with Gasteiger partial charge in [0.25, 0.3) is 0 Å². The number of nitrogens with zero attached hydrogens (tertiary/aromatic N) is 1. The van der Waals surface area contributed by atoms with Gasteiger partial charge in [-0.2, -0.15) is 0 Å². The number of pyridine rings is 1. The maximum Gasteiger partial charge on any atom is 0.147 e. The van der Waals surface area contributed by atoms with E-state index in [1.807, 2.05) is 12.3 Å². The van der Waals surface area contributed by atoms with Crippen LogP contribution in [0.3, 0.4) is 0 Å². The summed E-state index contributed by atoms with van der Waals surface area (Å²) in [6, 6.07) is 1.93. The van der Waals surface area contributed by atoms with Gasteiger partial charge in [0.1, 0.15) is 5.15 Å². The van der Waals surface area contributed by atoms with Gasteiger partial charge in [-0.05, 0) is 42.5 Å². The Balaban J connectivity index is 1.97. The van der Waals surface area contributed by atoms with Crippen LogP contribution >= 0.6 is 23.2 Å². The third kappa shape index (κ3) is 2.10. The third-order valence-electron chi connectivity index (χ3n) is 3.77. The van der Waals surface area contributed by atoms with Crippen LogP contribution in [0.2, 0.25) is 10.2 Å². The Morgan fingerprint density at radius 2 is 2.18 bits per heavy atom. The van der Waals surface area contributed by atoms with Crippen LogP contribution in [0.5, 0.6) is 0 Å². The van der Waals surface area contributed by atoms with Crippen molar-refractivity contribution in [2.75, 3.05) is 13.1 Å². The Morgan fingerprint density at radius 3 is 3.00 bits per heavy atom. The fourth-order valence-corrected chi connectivity index (χ4v) is 3.19. The summed E-state index contributed by atoms with van der Waals surface area (Å²) in [5.74, 6) is 1.38. The third-order valence-corrected chi connectivity index (χ3v) is 4.46. The molecule has 2 aliphatic rings. The lowest BCUT2D eigenvalue weighted by molar-refractivity contribution is 0.454. The molecule has 1 aliphatic heterocycles. The summed E-state index contributed by atoms with van der Waals surface area (Å²) in [4.78, 5) is 4.14. The first-order valence-electron chi connectivity index (χ1n) is 5.98. The van der Waals surface area contributed by atoms with E-state index in [0.29, 0.717) is 16.1 Å². The summed E-state index contributed by atoms with van der Waals surface area (Å²) in [6.07, 6.45) is 6.60. The first-order chi connectivity index (χ1) is 8.25. The molecule has 0 aromatic carbocycles. The van der Waals surface area contributed by atoms with Crippen molar-refractivity contribution >= 4 is 28.8 Å². The van der Waals surface area contributed by atoms with E-state index >= 15 is 0 Å². The van der Waals surface area contributed by atoms with Crippen molar-refractivity contribution in [3.63, 3.8) is 0 Å². The highest BCUT2D eigenvalue weighted by molar-refractivity contribution is 6.41. The highest BCUT2D eigenvalue weighted by atomic mass is 35.5. The van der Waals surface area contributed by atoms with E-state index < -0.39 is 0 Å². The molecule has 1 aliphatic carbocycles. The number of allylic oxidation sites excluding steroid dienone is 1. The Labute approximate surface area is 111 Å². The van der Waals surface area contributed by atoms with E-state index in [-0.39, 0.29) is 0 Å². The largest absolute Gasteiger partial charge is 0.316 e. The fraction of sp³-hybridized carbons (Fsp3) is 0.462. The number of hydrogen-bond acceptors (Lipinski definition) is 2. The lowest BCUT2D eigenvalue weighted by Gasteiger charge is -2.26. The molecule has 17 heavy (non-hydrogen) atoms. The molecule has 0 saturated carbocycles. The quantitative estimate of drug-likeness (QED) is 0.790. The van der Waals surface area contributed by atoms with E-state index in [0.717, 1.165) is 31.0 Å².